The fourth-order valence-electron chi connectivity index (χ4n) is 4.28. The molecule has 0 fully saturated rings. The third-order valence-corrected chi connectivity index (χ3v) is 9.95. The first-order valence-electron chi connectivity index (χ1n) is 13.9. The van der Waals surface area contributed by atoms with Gasteiger partial charge in [0, 0.05) is 18.0 Å². The molecule has 0 aliphatic heterocycles. The predicted octanol–water partition coefficient (Wildman–Crippen LogP) is 6.64. The van der Waals surface area contributed by atoms with Gasteiger partial charge < -0.3 is 15.0 Å². The van der Waals surface area contributed by atoms with E-state index in [2.05, 4.69) is 5.32 Å². The van der Waals surface area contributed by atoms with Crippen molar-refractivity contribution in [3.8, 4) is 5.75 Å². The van der Waals surface area contributed by atoms with E-state index in [1.807, 2.05) is 13.2 Å². The average molecular weight is 667 g/mol. The quantitative estimate of drug-likeness (QED) is 0.144. The third kappa shape index (κ3) is 9.04. The second-order valence-electron chi connectivity index (χ2n) is 9.68. The number of rotatable bonds is 15. The average Bonchev–Trinajstić information content (AvgIpc) is 3.00. The van der Waals surface area contributed by atoms with E-state index in [1.165, 1.54) is 28.8 Å². The zero-order chi connectivity index (χ0) is 31.6. The molecule has 8 nitrogen and oxygen atoms in total. The molecule has 0 aromatic heterocycles. The maximum Gasteiger partial charge on any atom is 0.264 e. The Morgan fingerprint density at radius 1 is 1.00 bits per heavy atom. The molecule has 1 N–H and O–H groups in total. The van der Waals surface area contributed by atoms with Gasteiger partial charge in [-0.15, -0.1) is 11.8 Å². The molecule has 12 heteroatoms. The van der Waals surface area contributed by atoms with Crippen LogP contribution in [0.5, 0.6) is 5.75 Å². The molecule has 232 valence electrons. The molecule has 0 saturated carbocycles. The number of para-hydroxylation sites is 2. The Bertz CT molecular complexity index is 1500. The van der Waals surface area contributed by atoms with Crippen molar-refractivity contribution >= 4 is 62.5 Å². The number of nitrogens with zero attached hydrogens (tertiary/aromatic N) is 2. The van der Waals surface area contributed by atoms with Gasteiger partial charge in [-0.25, -0.2) is 8.42 Å². The van der Waals surface area contributed by atoms with Gasteiger partial charge in [-0.3, -0.25) is 13.9 Å². The van der Waals surface area contributed by atoms with E-state index in [4.69, 9.17) is 27.9 Å². The van der Waals surface area contributed by atoms with Gasteiger partial charge in [0.2, 0.25) is 11.8 Å². The SMILES string of the molecule is CCCCNC(=O)[C@@H](C)N(Cc1ccc(Cl)c(Cl)c1)C(=O)CN(c1ccccc1OCC)S(=O)(=O)c1ccc(SC)cc1. The molecule has 0 bridgehead atoms. The van der Waals surface area contributed by atoms with Crippen molar-refractivity contribution in [2.24, 2.45) is 0 Å². The Kier molecular flexibility index (Phi) is 13.1. The number of anilines is 1. The number of carbonyl (C=O) groups excluding carboxylic acids is 2. The number of amides is 2. The Hall–Kier alpha value is -2.92. The largest absolute Gasteiger partial charge is 0.492 e. The number of nitrogens with one attached hydrogen (secondary N) is 1. The number of hydrogen-bond donors (Lipinski definition) is 1. The minimum atomic E-state index is -4.24. The van der Waals surface area contributed by atoms with Crippen LogP contribution < -0.4 is 14.4 Å². The maximum absolute atomic E-state index is 14.1. The van der Waals surface area contributed by atoms with E-state index in [0.29, 0.717) is 34.5 Å². The normalized spacial score (nSPS) is 12.0. The summed E-state index contributed by atoms with van der Waals surface area (Å²) in [6.45, 7) is 5.60. The fraction of sp³-hybridized carbons (Fsp3) is 0.355. The smallest absolute Gasteiger partial charge is 0.264 e. The number of halogens is 2. The van der Waals surface area contributed by atoms with Crippen LogP contribution >= 0.6 is 35.0 Å². The number of thioether (sulfide) groups is 1. The highest BCUT2D eigenvalue weighted by Crippen LogP contribution is 2.33. The van der Waals surface area contributed by atoms with Gasteiger partial charge >= 0.3 is 0 Å². The van der Waals surface area contributed by atoms with Gasteiger partial charge in [-0.1, -0.05) is 54.7 Å². The second kappa shape index (κ2) is 16.2. The number of hydrogen-bond acceptors (Lipinski definition) is 6. The molecule has 2 amide bonds. The highest BCUT2D eigenvalue weighted by Gasteiger charge is 2.34. The number of benzene rings is 3. The lowest BCUT2D eigenvalue weighted by molar-refractivity contribution is -0.139. The van der Waals surface area contributed by atoms with E-state index in [1.54, 1.807) is 68.4 Å². The molecular weight excluding hydrogens is 629 g/mol. The summed E-state index contributed by atoms with van der Waals surface area (Å²) in [5.74, 6) is -0.623. The first-order chi connectivity index (χ1) is 20.5. The van der Waals surface area contributed by atoms with Crippen molar-refractivity contribution in [2.45, 2.75) is 56.0 Å². The Balaban J connectivity index is 2.07. The predicted molar refractivity (Wildman–Crippen MR) is 175 cm³/mol. The molecule has 0 radical (unpaired) electrons. The summed E-state index contributed by atoms with van der Waals surface area (Å²) in [5.41, 5.74) is 0.842. The van der Waals surface area contributed by atoms with Crippen molar-refractivity contribution in [3.05, 3.63) is 82.3 Å². The van der Waals surface area contributed by atoms with Gasteiger partial charge in [0.1, 0.15) is 18.3 Å². The Morgan fingerprint density at radius 2 is 1.70 bits per heavy atom. The molecule has 43 heavy (non-hydrogen) atoms. The zero-order valence-corrected chi connectivity index (χ0v) is 27.8. The fourth-order valence-corrected chi connectivity index (χ4v) is 6.44. The minimum Gasteiger partial charge on any atom is -0.492 e. The molecule has 3 rings (SSSR count). The summed E-state index contributed by atoms with van der Waals surface area (Å²) in [6.07, 6.45) is 3.58. The summed E-state index contributed by atoms with van der Waals surface area (Å²) < 4.78 is 35.1. The summed E-state index contributed by atoms with van der Waals surface area (Å²) in [6, 6.07) is 17.1. The highest BCUT2D eigenvalue weighted by molar-refractivity contribution is 7.98. The van der Waals surface area contributed by atoms with Gasteiger partial charge in [0.05, 0.1) is 27.2 Å². The molecule has 0 saturated heterocycles. The monoisotopic (exact) mass is 665 g/mol. The van der Waals surface area contributed by atoms with Crippen LogP contribution in [-0.2, 0) is 26.2 Å². The van der Waals surface area contributed by atoms with E-state index in [0.717, 1.165) is 22.0 Å². The van der Waals surface area contributed by atoms with Crippen LogP contribution in [0.2, 0.25) is 10.0 Å². The Labute approximate surface area is 268 Å². The van der Waals surface area contributed by atoms with Crippen molar-refractivity contribution < 1.29 is 22.7 Å². The summed E-state index contributed by atoms with van der Waals surface area (Å²) in [7, 11) is -4.24. The molecule has 0 aliphatic rings. The first-order valence-corrected chi connectivity index (χ1v) is 17.3. The van der Waals surface area contributed by atoms with Crippen LogP contribution in [0.1, 0.15) is 39.2 Å². The van der Waals surface area contributed by atoms with Crippen LogP contribution in [0.4, 0.5) is 5.69 Å². The van der Waals surface area contributed by atoms with E-state index < -0.39 is 28.5 Å². The lowest BCUT2D eigenvalue weighted by Crippen LogP contribution is -2.51. The Morgan fingerprint density at radius 3 is 2.33 bits per heavy atom. The number of sulfonamides is 1. The van der Waals surface area contributed by atoms with Gasteiger partial charge in [-0.2, -0.15) is 0 Å². The third-order valence-electron chi connectivity index (χ3n) is 6.69. The first kappa shape index (κ1) is 34.6. The van der Waals surface area contributed by atoms with E-state index in [-0.39, 0.29) is 23.0 Å². The molecular formula is C31H37Cl2N3O5S2. The lowest BCUT2D eigenvalue weighted by atomic mass is 10.1. The number of unbranched alkanes of at least 4 members (excludes halogenated alkanes) is 1. The molecule has 3 aromatic rings. The van der Waals surface area contributed by atoms with E-state index in [9.17, 15) is 18.0 Å². The molecule has 3 aromatic carbocycles. The van der Waals surface area contributed by atoms with Crippen molar-refractivity contribution in [1.82, 2.24) is 10.2 Å². The molecule has 1 atom stereocenters. The maximum atomic E-state index is 14.1. The standard InChI is InChI=1S/C31H37Cl2N3O5S2/c1-5-7-18-34-31(38)22(3)35(20-23-12-17-26(32)27(33)19-23)30(37)21-36(28-10-8-9-11-29(28)41-6-2)43(39,40)25-15-13-24(42-4)14-16-25/h8-17,19,22H,5-7,18,20-21H2,1-4H3,(H,34,38)/t22-/m1/s1. The molecule has 0 unspecified atom stereocenters. The highest BCUT2D eigenvalue weighted by atomic mass is 35.5. The molecule has 0 spiro atoms. The van der Waals surface area contributed by atoms with Crippen LogP contribution in [0.25, 0.3) is 0 Å². The topological polar surface area (TPSA) is 96.0 Å². The number of carbonyl (C=O) groups is 2. The van der Waals surface area contributed by atoms with Crippen LogP contribution in [0, 0.1) is 0 Å². The summed E-state index contributed by atoms with van der Waals surface area (Å²) in [5, 5.41) is 3.52. The van der Waals surface area contributed by atoms with Gasteiger partial charge in [0.15, 0.2) is 0 Å². The van der Waals surface area contributed by atoms with Crippen LogP contribution in [0.3, 0.4) is 0 Å². The van der Waals surface area contributed by atoms with Crippen molar-refractivity contribution in [3.63, 3.8) is 0 Å². The van der Waals surface area contributed by atoms with Gasteiger partial charge in [-0.05, 0) is 80.6 Å². The van der Waals surface area contributed by atoms with E-state index >= 15 is 0 Å². The number of ether oxygens (including phenoxy) is 1. The van der Waals surface area contributed by atoms with Crippen LogP contribution in [0.15, 0.2) is 76.5 Å². The van der Waals surface area contributed by atoms with Crippen LogP contribution in [-0.4, -0.2) is 57.1 Å². The minimum absolute atomic E-state index is 0.00149. The van der Waals surface area contributed by atoms with Crippen molar-refractivity contribution in [2.75, 3.05) is 30.3 Å². The summed E-state index contributed by atoms with van der Waals surface area (Å²) in [4.78, 5) is 29.6. The zero-order valence-electron chi connectivity index (χ0n) is 24.7. The van der Waals surface area contributed by atoms with Gasteiger partial charge in [0.25, 0.3) is 10.0 Å². The second-order valence-corrected chi connectivity index (χ2v) is 13.2. The molecule has 0 heterocycles. The molecule has 0 aliphatic carbocycles. The van der Waals surface area contributed by atoms with Crippen molar-refractivity contribution in [1.29, 1.82) is 0 Å². The summed E-state index contributed by atoms with van der Waals surface area (Å²) >= 11 is 13.8. The lowest BCUT2D eigenvalue weighted by Gasteiger charge is -2.32.